The molecule has 2 aliphatic heterocycles. The van der Waals surface area contributed by atoms with E-state index in [1.165, 1.54) is 5.56 Å². The van der Waals surface area contributed by atoms with Gasteiger partial charge in [0.05, 0.1) is 6.54 Å². The van der Waals surface area contributed by atoms with E-state index in [0.29, 0.717) is 30.6 Å². The third-order valence-corrected chi connectivity index (χ3v) is 7.89. The van der Waals surface area contributed by atoms with E-state index in [2.05, 4.69) is 57.8 Å². The molecular formula is C31H45ClN4O2. The number of halogens is 1. The average Bonchev–Trinajstić information content (AvgIpc) is 2.86. The number of aromatic nitrogens is 1. The number of esters is 1. The second-order valence-corrected chi connectivity index (χ2v) is 12.8. The van der Waals surface area contributed by atoms with Gasteiger partial charge in [0.2, 0.25) is 0 Å². The monoisotopic (exact) mass is 540 g/mol. The first-order valence-corrected chi connectivity index (χ1v) is 14.6. The van der Waals surface area contributed by atoms with E-state index in [9.17, 15) is 4.79 Å². The molecule has 0 amide bonds. The highest BCUT2D eigenvalue weighted by molar-refractivity contribution is 6.30. The fourth-order valence-electron chi connectivity index (χ4n) is 6.02. The van der Waals surface area contributed by atoms with Crippen molar-refractivity contribution in [3.05, 3.63) is 59.2 Å². The van der Waals surface area contributed by atoms with Crippen molar-refractivity contribution in [2.24, 2.45) is 5.92 Å². The molecule has 0 aliphatic carbocycles. The van der Waals surface area contributed by atoms with Gasteiger partial charge in [-0.15, -0.1) is 0 Å². The zero-order valence-electron chi connectivity index (χ0n) is 23.8. The second-order valence-electron chi connectivity index (χ2n) is 12.4. The fourth-order valence-corrected chi connectivity index (χ4v) is 6.15. The first-order chi connectivity index (χ1) is 18.1. The van der Waals surface area contributed by atoms with Gasteiger partial charge in [-0.05, 0) is 82.2 Å². The Morgan fingerprint density at radius 1 is 1.05 bits per heavy atom. The first-order valence-electron chi connectivity index (χ1n) is 14.2. The topological polar surface area (TPSA) is 48.9 Å². The van der Waals surface area contributed by atoms with E-state index in [-0.39, 0.29) is 5.97 Å². The Bertz CT molecular complexity index is 1020. The van der Waals surface area contributed by atoms with Crippen LogP contribution in [-0.2, 0) is 16.0 Å². The minimum atomic E-state index is -0.475. The quantitative estimate of drug-likeness (QED) is 0.401. The number of nitrogens with zero attached hydrogens (tertiary/aromatic N) is 4. The molecule has 0 saturated carbocycles. The standard InChI is InChI=1S/C31H45ClN4O2/c1-23(2)18-27-21-36(26-13-16-34(17-14-26)29-8-6-7-15-33-29)28(19-24-9-11-25(32)12-10-24)20-35(27)22-30(37)38-31(3,4)5/h6-12,15,23,26-28H,13-14,16-22H2,1-5H3/t27-,28-/m0/s1. The van der Waals surface area contributed by atoms with Crippen molar-refractivity contribution in [3.8, 4) is 0 Å². The molecule has 0 bridgehead atoms. The van der Waals surface area contributed by atoms with Crippen LogP contribution in [0.4, 0.5) is 5.82 Å². The van der Waals surface area contributed by atoms with Crippen LogP contribution in [-0.4, -0.2) is 77.2 Å². The molecule has 1 aromatic heterocycles. The summed E-state index contributed by atoms with van der Waals surface area (Å²) in [6.45, 7) is 14.6. The van der Waals surface area contributed by atoms with Gasteiger partial charge in [-0.2, -0.15) is 0 Å². The summed E-state index contributed by atoms with van der Waals surface area (Å²) in [7, 11) is 0. The molecule has 2 atom stereocenters. The Balaban J connectivity index is 1.52. The van der Waals surface area contributed by atoms with Crippen LogP contribution in [0.15, 0.2) is 48.7 Å². The Hall–Kier alpha value is -2.15. The van der Waals surface area contributed by atoms with Gasteiger partial charge in [0, 0.05) is 55.5 Å². The minimum Gasteiger partial charge on any atom is -0.459 e. The predicted octanol–water partition coefficient (Wildman–Crippen LogP) is 5.69. The molecule has 0 N–H and O–H groups in total. The molecule has 2 fully saturated rings. The van der Waals surface area contributed by atoms with E-state index in [1.807, 2.05) is 45.2 Å². The van der Waals surface area contributed by atoms with Crippen molar-refractivity contribution in [1.82, 2.24) is 14.8 Å². The van der Waals surface area contributed by atoms with Crippen molar-refractivity contribution in [2.45, 2.75) is 84.0 Å². The van der Waals surface area contributed by atoms with Gasteiger partial charge in [0.15, 0.2) is 0 Å². The number of ether oxygens (including phenoxy) is 1. The summed E-state index contributed by atoms with van der Waals surface area (Å²) < 4.78 is 5.74. The maximum Gasteiger partial charge on any atom is 0.320 e. The Morgan fingerprint density at radius 3 is 2.37 bits per heavy atom. The third-order valence-electron chi connectivity index (χ3n) is 7.64. The predicted molar refractivity (Wildman–Crippen MR) is 156 cm³/mol. The lowest BCUT2D eigenvalue weighted by Crippen LogP contribution is -2.63. The maximum absolute atomic E-state index is 12.9. The molecule has 38 heavy (non-hydrogen) atoms. The van der Waals surface area contributed by atoms with Gasteiger partial charge in [-0.1, -0.05) is 43.6 Å². The molecule has 2 aromatic rings. The van der Waals surface area contributed by atoms with E-state index >= 15 is 0 Å². The molecule has 6 nitrogen and oxygen atoms in total. The van der Waals surface area contributed by atoms with E-state index in [0.717, 1.165) is 62.7 Å². The Kier molecular flexibility index (Phi) is 9.72. The molecule has 3 heterocycles. The molecular weight excluding hydrogens is 496 g/mol. The van der Waals surface area contributed by atoms with Crippen LogP contribution in [0.25, 0.3) is 0 Å². The van der Waals surface area contributed by atoms with Crippen molar-refractivity contribution >= 4 is 23.4 Å². The number of anilines is 1. The number of hydrogen-bond donors (Lipinski definition) is 0. The van der Waals surface area contributed by atoms with Gasteiger partial charge in [0.1, 0.15) is 11.4 Å². The highest BCUT2D eigenvalue weighted by atomic mass is 35.5. The van der Waals surface area contributed by atoms with Crippen LogP contribution in [0.1, 0.15) is 59.4 Å². The van der Waals surface area contributed by atoms with Crippen LogP contribution in [0.5, 0.6) is 0 Å². The molecule has 0 unspecified atom stereocenters. The van der Waals surface area contributed by atoms with Crippen LogP contribution in [0.3, 0.4) is 0 Å². The fraction of sp³-hybridized carbons (Fsp3) is 0.613. The van der Waals surface area contributed by atoms with Gasteiger partial charge < -0.3 is 9.64 Å². The average molecular weight is 541 g/mol. The molecule has 208 valence electrons. The number of benzene rings is 1. The van der Waals surface area contributed by atoms with E-state index in [1.54, 1.807) is 0 Å². The molecule has 0 spiro atoms. The summed E-state index contributed by atoms with van der Waals surface area (Å²) in [6.07, 6.45) is 6.13. The Labute approximate surface area is 234 Å². The molecule has 0 radical (unpaired) electrons. The number of piperazine rings is 1. The van der Waals surface area contributed by atoms with Gasteiger partial charge in [0.25, 0.3) is 0 Å². The number of piperidine rings is 1. The number of carbonyl (C=O) groups excluding carboxylic acids is 1. The number of pyridine rings is 1. The number of carbonyl (C=O) groups is 1. The number of hydrogen-bond acceptors (Lipinski definition) is 6. The van der Waals surface area contributed by atoms with Crippen LogP contribution in [0.2, 0.25) is 5.02 Å². The largest absolute Gasteiger partial charge is 0.459 e. The lowest BCUT2D eigenvalue weighted by molar-refractivity contribution is -0.158. The summed E-state index contributed by atoms with van der Waals surface area (Å²) >= 11 is 6.19. The van der Waals surface area contributed by atoms with Crippen molar-refractivity contribution in [1.29, 1.82) is 0 Å². The van der Waals surface area contributed by atoms with Crippen molar-refractivity contribution in [3.63, 3.8) is 0 Å². The first kappa shape index (κ1) is 28.8. The van der Waals surface area contributed by atoms with Crippen molar-refractivity contribution in [2.75, 3.05) is 37.6 Å². The summed E-state index contributed by atoms with van der Waals surface area (Å²) in [6, 6.07) is 15.6. The van der Waals surface area contributed by atoms with Gasteiger partial charge >= 0.3 is 5.97 Å². The van der Waals surface area contributed by atoms with Crippen LogP contribution in [0, 0.1) is 5.92 Å². The molecule has 2 saturated heterocycles. The summed E-state index contributed by atoms with van der Waals surface area (Å²) in [4.78, 5) is 25.1. The van der Waals surface area contributed by atoms with Gasteiger partial charge in [-0.25, -0.2) is 4.98 Å². The maximum atomic E-state index is 12.9. The summed E-state index contributed by atoms with van der Waals surface area (Å²) in [5.41, 5.74) is 0.811. The van der Waals surface area contributed by atoms with E-state index in [4.69, 9.17) is 16.3 Å². The lowest BCUT2D eigenvalue weighted by Gasteiger charge is -2.51. The van der Waals surface area contributed by atoms with Crippen LogP contribution < -0.4 is 4.90 Å². The normalized spacial score (nSPS) is 22.1. The minimum absolute atomic E-state index is 0.131. The Morgan fingerprint density at radius 2 is 1.76 bits per heavy atom. The smallest absolute Gasteiger partial charge is 0.320 e. The molecule has 7 heteroatoms. The molecule has 1 aromatic carbocycles. The summed E-state index contributed by atoms with van der Waals surface area (Å²) in [5, 5.41) is 0.764. The molecule has 4 rings (SSSR count). The SMILES string of the molecule is CC(C)C[C@H]1CN(C2CCN(c3ccccn3)CC2)[C@@H](Cc2ccc(Cl)cc2)CN1CC(=O)OC(C)(C)C. The lowest BCUT2D eigenvalue weighted by atomic mass is 9.91. The highest BCUT2D eigenvalue weighted by Gasteiger charge is 2.39. The number of rotatable bonds is 8. The third kappa shape index (κ3) is 8.17. The second kappa shape index (κ2) is 12.8. The summed E-state index contributed by atoms with van der Waals surface area (Å²) in [5.74, 6) is 1.50. The molecule has 2 aliphatic rings. The highest BCUT2D eigenvalue weighted by Crippen LogP contribution is 2.30. The van der Waals surface area contributed by atoms with Gasteiger partial charge in [-0.3, -0.25) is 14.6 Å². The van der Waals surface area contributed by atoms with Crippen molar-refractivity contribution < 1.29 is 9.53 Å². The van der Waals surface area contributed by atoms with E-state index < -0.39 is 5.60 Å². The zero-order chi connectivity index (χ0) is 27.3. The van der Waals surface area contributed by atoms with Crippen LogP contribution >= 0.6 is 11.6 Å². The zero-order valence-corrected chi connectivity index (χ0v) is 24.5.